The van der Waals surface area contributed by atoms with E-state index in [0.717, 1.165) is 0 Å². The molecular formula is C4H5ClF3NO. The molecule has 0 saturated carbocycles. The van der Waals surface area contributed by atoms with Crippen molar-refractivity contribution in [3.05, 3.63) is 0 Å². The van der Waals surface area contributed by atoms with Gasteiger partial charge in [-0.15, -0.1) is 0 Å². The number of amides is 1. The largest absolute Gasteiger partial charge is 0.416 e. The summed E-state index contributed by atoms with van der Waals surface area (Å²) < 4.78 is 35.0. The number of halogens is 4. The Morgan fingerprint density at radius 2 is 1.80 bits per heavy atom. The van der Waals surface area contributed by atoms with Crippen LogP contribution in [0.3, 0.4) is 0 Å². The minimum Gasteiger partial charge on any atom is -0.368 e. The molecule has 0 aliphatic heterocycles. The monoisotopic (exact) mass is 175 g/mol. The summed E-state index contributed by atoms with van der Waals surface area (Å²) in [7, 11) is 0. The predicted octanol–water partition coefficient (Wildman–Crippen LogP) is 1.03. The van der Waals surface area contributed by atoms with Crippen molar-refractivity contribution in [1.82, 2.24) is 0 Å². The predicted molar refractivity (Wildman–Crippen MR) is 29.5 cm³/mol. The highest BCUT2D eigenvalue weighted by molar-refractivity contribution is 6.35. The Labute approximate surface area is 60.1 Å². The molecule has 0 radical (unpaired) electrons. The fraction of sp³-hybridized carbons (Fsp3) is 0.750. The van der Waals surface area contributed by atoms with Gasteiger partial charge in [-0.1, -0.05) is 11.6 Å². The van der Waals surface area contributed by atoms with Gasteiger partial charge < -0.3 is 5.73 Å². The molecular weight excluding hydrogens is 170 g/mol. The summed E-state index contributed by atoms with van der Waals surface area (Å²) >= 11 is 4.75. The van der Waals surface area contributed by atoms with E-state index in [2.05, 4.69) is 5.73 Å². The minimum absolute atomic E-state index is 0.511. The van der Waals surface area contributed by atoms with Gasteiger partial charge in [0.25, 0.3) is 0 Å². The third-order valence-electron chi connectivity index (χ3n) is 0.995. The van der Waals surface area contributed by atoms with Gasteiger partial charge >= 0.3 is 6.18 Å². The molecule has 1 atom stereocenters. The number of primary amides is 1. The molecule has 60 valence electrons. The molecule has 6 heteroatoms. The topological polar surface area (TPSA) is 43.1 Å². The van der Waals surface area contributed by atoms with Crippen LogP contribution in [0.2, 0.25) is 0 Å². The molecule has 0 bridgehead atoms. The maximum atomic E-state index is 11.7. The molecule has 1 unspecified atom stereocenters. The number of hydrogen-bond donors (Lipinski definition) is 1. The maximum absolute atomic E-state index is 11.7. The first-order valence-corrected chi connectivity index (χ1v) is 2.63. The average Bonchev–Trinajstić information content (AvgIpc) is 1.62. The summed E-state index contributed by atoms with van der Waals surface area (Å²) in [5.41, 5.74) is 4.37. The fourth-order valence-electron chi connectivity index (χ4n) is 0.140. The standard InChI is InChI=1S/C4H5ClF3NO/c1-3(5,2(9)10)4(6,7)8/h1H3,(H2,9,10). The van der Waals surface area contributed by atoms with Gasteiger partial charge in [0.05, 0.1) is 0 Å². The van der Waals surface area contributed by atoms with Crippen molar-refractivity contribution in [1.29, 1.82) is 0 Å². The zero-order valence-electron chi connectivity index (χ0n) is 5.00. The Bertz CT molecular complexity index is 153. The van der Waals surface area contributed by atoms with Crippen LogP contribution in [-0.2, 0) is 4.79 Å². The summed E-state index contributed by atoms with van der Waals surface area (Å²) in [6, 6.07) is 0. The van der Waals surface area contributed by atoms with E-state index >= 15 is 0 Å². The van der Waals surface area contributed by atoms with Crippen LogP contribution in [0, 0.1) is 0 Å². The van der Waals surface area contributed by atoms with E-state index in [0.29, 0.717) is 6.92 Å². The van der Waals surface area contributed by atoms with Crippen molar-refractivity contribution in [3.63, 3.8) is 0 Å². The van der Waals surface area contributed by atoms with E-state index < -0.39 is 17.0 Å². The first-order valence-electron chi connectivity index (χ1n) is 2.25. The van der Waals surface area contributed by atoms with E-state index in [1.165, 1.54) is 0 Å². The summed E-state index contributed by atoms with van der Waals surface area (Å²) in [4.78, 5) is 7.09. The molecule has 0 aliphatic rings. The molecule has 0 aromatic carbocycles. The first-order chi connectivity index (χ1) is 4.19. The molecule has 0 aromatic rings. The van der Waals surface area contributed by atoms with E-state index in [-0.39, 0.29) is 0 Å². The van der Waals surface area contributed by atoms with E-state index in [1.807, 2.05) is 0 Å². The Morgan fingerprint density at radius 1 is 1.50 bits per heavy atom. The van der Waals surface area contributed by atoms with E-state index in [1.54, 1.807) is 0 Å². The number of hydrogen-bond acceptors (Lipinski definition) is 1. The van der Waals surface area contributed by atoms with Crippen molar-refractivity contribution < 1.29 is 18.0 Å². The lowest BCUT2D eigenvalue weighted by atomic mass is 10.1. The molecule has 0 aliphatic carbocycles. The van der Waals surface area contributed by atoms with Gasteiger partial charge in [0, 0.05) is 0 Å². The van der Waals surface area contributed by atoms with Crippen LogP contribution >= 0.6 is 11.6 Å². The highest BCUT2D eigenvalue weighted by atomic mass is 35.5. The van der Waals surface area contributed by atoms with Gasteiger partial charge in [-0.25, -0.2) is 0 Å². The zero-order valence-corrected chi connectivity index (χ0v) is 5.75. The van der Waals surface area contributed by atoms with Gasteiger partial charge in [0.2, 0.25) is 10.8 Å². The van der Waals surface area contributed by atoms with Crippen LogP contribution in [-0.4, -0.2) is 17.0 Å². The van der Waals surface area contributed by atoms with Crippen molar-refractivity contribution in [3.8, 4) is 0 Å². The van der Waals surface area contributed by atoms with Gasteiger partial charge in [0.15, 0.2) is 0 Å². The van der Waals surface area contributed by atoms with E-state index in [9.17, 15) is 18.0 Å². The number of nitrogens with two attached hydrogens (primary N) is 1. The lowest BCUT2D eigenvalue weighted by molar-refractivity contribution is -0.168. The molecule has 0 rings (SSSR count). The quantitative estimate of drug-likeness (QED) is 0.595. The Morgan fingerprint density at radius 3 is 1.80 bits per heavy atom. The molecule has 0 fully saturated rings. The summed E-state index contributed by atoms with van der Waals surface area (Å²) in [5, 5.41) is 0. The van der Waals surface area contributed by atoms with Crippen molar-refractivity contribution in [2.75, 3.05) is 0 Å². The Hall–Kier alpha value is -0.450. The second-order valence-corrected chi connectivity index (χ2v) is 2.62. The van der Waals surface area contributed by atoms with Crippen LogP contribution in [0.25, 0.3) is 0 Å². The lowest BCUT2D eigenvalue weighted by Crippen LogP contribution is -2.48. The molecule has 0 aromatic heterocycles. The molecule has 0 saturated heterocycles. The van der Waals surface area contributed by atoms with Crippen molar-refractivity contribution in [2.45, 2.75) is 18.0 Å². The SMILES string of the molecule is CC(Cl)(C(N)=O)C(F)(F)F. The highest BCUT2D eigenvalue weighted by Crippen LogP contribution is 2.35. The second-order valence-electron chi connectivity index (χ2n) is 1.86. The molecule has 10 heavy (non-hydrogen) atoms. The van der Waals surface area contributed by atoms with E-state index in [4.69, 9.17) is 11.6 Å². The molecule has 2 N–H and O–H groups in total. The molecule has 1 amide bonds. The van der Waals surface area contributed by atoms with Crippen LogP contribution in [0.4, 0.5) is 13.2 Å². The van der Waals surface area contributed by atoms with Crippen LogP contribution in [0.5, 0.6) is 0 Å². The number of carbonyl (C=O) groups excluding carboxylic acids is 1. The molecule has 0 heterocycles. The third-order valence-corrected chi connectivity index (χ3v) is 1.40. The number of rotatable bonds is 1. The third kappa shape index (κ3) is 1.53. The smallest absolute Gasteiger partial charge is 0.368 e. The highest BCUT2D eigenvalue weighted by Gasteiger charge is 2.54. The Kier molecular flexibility index (Phi) is 2.20. The van der Waals surface area contributed by atoms with Crippen LogP contribution in [0.15, 0.2) is 0 Å². The van der Waals surface area contributed by atoms with Gasteiger partial charge in [-0.2, -0.15) is 13.2 Å². The van der Waals surface area contributed by atoms with Gasteiger partial charge in [0.1, 0.15) is 0 Å². The van der Waals surface area contributed by atoms with Crippen LogP contribution < -0.4 is 5.73 Å². The maximum Gasteiger partial charge on any atom is 0.416 e. The van der Waals surface area contributed by atoms with Crippen molar-refractivity contribution >= 4 is 17.5 Å². The van der Waals surface area contributed by atoms with Gasteiger partial charge in [-0.05, 0) is 6.92 Å². The summed E-state index contributed by atoms with van der Waals surface area (Å²) in [6.45, 7) is 0.511. The van der Waals surface area contributed by atoms with Gasteiger partial charge in [-0.3, -0.25) is 4.79 Å². The lowest BCUT2D eigenvalue weighted by Gasteiger charge is -2.20. The molecule has 2 nitrogen and oxygen atoms in total. The first kappa shape index (κ1) is 9.55. The Balaban J connectivity index is 4.57. The number of carbonyl (C=O) groups is 1. The summed E-state index contributed by atoms with van der Waals surface area (Å²) in [5.74, 6) is -1.60. The summed E-state index contributed by atoms with van der Waals surface area (Å²) in [6.07, 6.45) is -4.79. The molecule has 0 spiro atoms. The van der Waals surface area contributed by atoms with Crippen molar-refractivity contribution in [2.24, 2.45) is 5.73 Å². The number of alkyl halides is 4. The van der Waals surface area contributed by atoms with Crippen LogP contribution in [0.1, 0.15) is 6.92 Å². The fourth-order valence-corrected chi connectivity index (χ4v) is 0.140. The normalized spacial score (nSPS) is 18.1. The average molecular weight is 176 g/mol. The zero-order chi connectivity index (χ0) is 8.58. The minimum atomic E-state index is -4.79. The second kappa shape index (κ2) is 2.30.